The van der Waals surface area contributed by atoms with Crippen LogP contribution in [-0.4, -0.2) is 38.9 Å². The molecule has 178 valence electrons. The molecule has 8 nitrogen and oxygen atoms in total. The molecule has 2 N–H and O–H groups in total. The third kappa shape index (κ3) is 6.71. The fourth-order valence-corrected chi connectivity index (χ4v) is 3.99. The van der Waals surface area contributed by atoms with Crippen LogP contribution in [-0.2, 0) is 22.6 Å². The highest BCUT2D eigenvalue weighted by Gasteiger charge is 2.17. The molecule has 2 aromatic carbocycles. The van der Waals surface area contributed by atoms with Gasteiger partial charge in [-0.2, -0.15) is 0 Å². The van der Waals surface area contributed by atoms with E-state index < -0.39 is 0 Å². The summed E-state index contributed by atoms with van der Waals surface area (Å²) < 4.78 is 7.21. The normalized spacial score (nSPS) is 10.6. The maximum Gasteiger partial charge on any atom is 0.234 e. The summed E-state index contributed by atoms with van der Waals surface area (Å²) in [5.41, 5.74) is 3.62. The number of aromatic nitrogens is 3. The molecule has 0 aliphatic heterocycles. The summed E-state index contributed by atoms with van der Waals surface area (Å²) in [6.07, 6.45) is 1.75. The van der Waals surface area contributed by atoms with Crippen molar-refractivity contribution < 1.29 is 14.3 Å². The molecular formula is C25H29N5O3S. The Kier molecular flexibility index (Phi) is 8.86. The Morgan fingerprint density at radius 1 is 1.09 bits per heavy atom. The molecule has 0 saturated carbocycles. The first-order valence-electron chi connectivity index (χ1n) is 11.0. The Morgan fingerprint density at radius 2 is 1.85 bits per heavy atom. The van der Waals surface area contributed by atoms with Crippen LogP contribution < -0.4 is 15.4 Å². The number of anilines is 2. The number of amides is 2. The first-order valence-corrected chi connectivity index (χ1v) is 11.9. The van der Waals surface area contributed by atoms with E-state index in [-0.39, 0.29) is 24.0 Å². The maximum absolute atomic E-state index is 12.6. The molecule has 3 rings (SSSR count). The number of nitrogens with zero attached hydrogens (tertiary/aromatic N) is 3. The average molecular weight is 480 g/mol. The highest BCUT2D eigenvalue weighted by atomic mass is 32.2. The lowest BCUT2D eigenvalue weighted by Crippen LogP contribution is -2.18. The number of hydrogen-bond acceptors (Lipinski definition) is 6. The minimum Gasteiger partial charge on any atom is -0.494 e. The zero-order chi connectivity index (χ0) is 24.5. The lowest BCUT2D eigenvalue weighted by molar-refractivity contribution is -0.116. The zero-order valence-electron chi connectivity index (χ0n) is 19.6. The van der Waals surface area contributed by atoms with Crippen LogP contribution in [0.2, 0.25) is 0 Å². The third-order valence-electron chi connectivity index (χ3n) is 5.08. The molecule has 1 aromatic heterocycles. The van der Waals surface area contributed by atoms with Gasteiger partial charge in [0.2, 0.25) is 11.8 Å². The molecule has 3 aromatic rings. The van der Waals surface area contributed by atoms with Crippen molar-refractivity contribution in [3.63, 3.8) is 0 Å². The lowest BCUT2D eigenvalue weighted by atomic mass is 10.1. The van der Waals surface area contributed by atoms with Crippen molar-refractivity contribution in [3.05, 3.63) is 72.1 Å². The number of ether oxygens (including phenoxy) is 1. The molecule has 1 heterocycles. The first kappa shape index (κ1) is 25.0. The smallest absolute Gasteiger partial charge is 0.234 e. The van der Waals surface area contributed by atoms with E-state index >= 15 is 0 Å². The number of hydrogen-bond donors (Lipinski definition) is 2. The van der Waals surface area contributed by atoms with Gasteiger partial charge in [-0.25, -0.2) is 0 Å². The van der Waals surface area contributed by atoms with E-state index in [0.717, 1.165) is 22.6 Å². The number of rotatable bonds is 11. The Morgan fingerprint density at radius 3 is 2.56 bits per heavy atom. The molecule has 0 bridgehead atoms. The largest absolute Gasteiger partial charge is 0.494 e. The molecule has 0 atom stereocenters. The summed E-state index contributed by atoms with van der Waals surface area (Å²) in [5, 5.41) is 14.7. The molecule has 0 fully saturated rings. The molecule has 34 heavy (non-hydrogen) atoms. The first-order chi connectivity index (χ1) is 16.4. The number of allylic oxidation sites excluding steroid dienone is 1. The van der Waals surface area contributed by atoms with Gasteiger partial charge < -0.3 is 19.9 Å². The van der Waals surface area contributed by atoms with Crippen LogP contribution in [0.15, 0.2) is 60.3 Å². The number of nitrogens with one attached hydrogen (secondary N) is 2. The molecule has 2 amide bonds. The Labute approximate surface area is 203 Å². The minimum atomic E-state index is -0.217. The Hall–Kier alpha value is -3.59. The predicted octanol–water partition coefficient (Wildman–Crippen LogP) is 4.39. The molecule has 0 spiro atoms. The van der Waals surface area contributed by atoms with Gasteiger partial charge in [-0.05, 0) is 62.2 Å². The second-order valence-corrected chi connectivity index (χ2v) is 8.51. The average Bonchev–Trinajstić information content (AvgIpc) is 3.18. The van der Waals surface area contributed by atoms with E-state index in [2.05, 4.69) is 27.4 Å². The van der Waals surface area contributed by atoms with Crippen molar-refractivity contribution in [1.82, 2.24) is 14.8 Å². The standard InChI is InChI=1S/C25H29N5O3S/c1-5-14-30-22(15-23(31)26-19-10-12-20(13-11-19)33-6-2)28-29-25(30)34-16-24(32)27-21-9-7-8-17(3)18(21)4/h5,7-13H,1,6,14-16H2,2-4H3,(H,26,31)(H,27,32). The van der Waals surface area contributed by atoms with E-state index in [0.29, 0.717) is 29.8 Å². The predicted molar refractivity (Wildman–Crippen MR) is 135 cm³/mol. The van der Waals surface area contributed by atoms with Crippen molar-refractivity contribution in [1.29, 1.82) is 0 Å². The van der Waals surface area contributed by atoms with Crippen LogP contribution >= 0.6 is 11.8 Å². The monoisotopic (exact) mass is 479 g/mol. The zero-order valence-corrected chi connectivity index (χ0v) is 20.4. The van der Waals surface area contributed by atoms with Gasteiger partial charge >= 0.3 is 0 Å². The molecule has 0 radical (unpaired) electrons. The van der Waals surface area contributed by atoms with E-state index in [1.54, 1.807) is 34.9 Å². The maximum atomic E-state index is 12.6. The number of carbonyl (C=O) groups is 2. The topological polar surface area (TPSA) is 98.1 Å². The summed E-state index contributed by atoms with van der Waals surface area (Å²) in [4.78, 5) is 25.1. The highest BCUT2D eigenvalue weighted by molar-refractivity contribution is 7.99. The fourth-order valence-electron chi connectivity index (χ4n) is 3.22. The molecule has 0 aliphatic rings. The van der Waals surface area contributed by atoms with E-state index in [4.69, 9.17) is 4.74 Å². The SMILES string of the molecule is C=CCn1c(CC(=O)Nc2ccc(OCC)cc2)nnc1SCC(=O)Nc1cccc(C)c1C. The van der Waals surface area contributed by atoms with Gasteiger partial charge in [-0.3, -0.25) is 9.59 Å². The van der Waals surface area contributed by atoms with Gasteiger partial charge in [0, 0.05) is 17.9 Å². The van der Waals surface area contributed by atoms with Gasteiger partial charge in [-0.1, -0.05) is 30.0 Å². The highest BCUT2D eigenvalue weighted by Crippen LogP contribution is 2.21. The van der Waals surface area contributed by atoms with Gasteiger partial charge in [0.05, 0.1) is 18.8 Å². The third-order valence-corrected chi connectivity index (χ3v) is 6.05. The molecule has 0 aliphatic carbocycles. The molecular weight excluding hydrogens is 450 g/mol. The van der Waals surface area contributed by atoms with Gasteiger partial charge in [-0.15, -0.1) is 16.8 Å². The number of benzene rings is 2. The van der Waals surface area contributed by atoms with Crippen molar-refractivity contribution in [2.24, 2.45) is 0 Å². The number of aryl methyl sites for hydroxylation is 1. The summed E-state index contributed by atoms with van der Waals surface area (Å²) >= 11 is 1.27. The van der Waals surface area contributed by atoms with Gasteiger partial charge in [0.25, 0.3) is 0 Å². The van der Waals surface area contributed by atoms with Crippen LogP contribution in [0, 0.1) is 13.8 Å². The van der Waals surface area contributed by atoms with Gasteiger partial charge in [0.1, 0.15) is 11.6 Å². The van der Waals surface area contributed by atoms with Crippen LogP contribution in [0.3, 0.4) is 0 Å². The van der Waals surface area contributed by atoms with Crippen LogP contribution in [0.1, 0.15) is 23.9 Å². The second kappa shape index (κ2) is 12.0. The van der Waals surface area contributed by atoms with Crippen molar-refractivity contribution in [3.8, 4) is 5.75 Å². The molecule has 9 heteroatoms. The van der Waals surface area contributed by atoms with E-state index in [1.807, 2.05) is 39.0 Å². The quantitative estimate of drug-likeness (QED) is 0.313. The van der Waals surface area contributed by atoms with Crippen molar-refractivity contribution >= 4 is 35.0 Å². The molecule has 0 saturated heterocycles. The Balaban J connectivity index is 1.60. The van der Waals surface area contributed by atoms with Crippen LogP contribution in [0.25, 0.3) is 0 Å². The molecule has 0 unspecified atom stereocenters. The number of carbonyl (C=O) groups excluding carboxylic acids is 2. The Bertz CT molecular complexity index is 1160. The van der Waals surface area contributed by atoms with E-state index in [1.165, 1.54) is 11.8 Å². The summed E-state index contributed by atoms with van der Waals surface area (Å²) in [5.74, 6) is 1.06. The summed E-state index contributed by atoms with van der Waals surface area (Å²) in [7, 11) is 0. The van der Waals surface area contributed by atoms with E-state index in [9.17, 15) is 9.59 Å². The van der Waals surface area contributed by atoms with Crippen LogP contribution in [0.5, 0.6) is 5.75 Å². The summed E-state index contributed by atoms with van der Waals surface area (Å²) in [6.45, 7) is 10.7. The minimum absolute atomic E-state index is 0.0449. The van der Waals surface area contributed by atoms with Gasteiger partial charge in [0.15, 0.2) is 5.16 Å². The van der Waals surface area contributed by atoms with Crippen LogP contribution in [0.4, 0.5) is 11.4 Å². The lowest BCUT2D eigenvalue weighted by Gasteiger charge is -2.11. The number of thioether (sulfide) groups is 1. The van der Waals surface area contributed by atoms with Crippen molar-refractivity contribution in [2.45, 2.75) is 38.9 Å². The summed E-state index contributed by atoms with van der Waals surface area (Å²) in [6, 6.07) is 13.0. The second-order valence-electron chi connectivity index (χ2n) is 7.56. The van der Waals surface area contributed by atoms with Crippen molar-refractivity contribution in [2.75, 3.05) is 23.0 Å². The fraction of sp³-hybridized carbons (Fsp3) is 0.280.